The first-order chi connectivity index (χ1) is 32.9. The van der Waals surface area contributed by atoms with Crippen molar-refractivity contribution in [1.29, 1.82) is 0 Å². The molecule has 1 heterocycles. The van der Waals surface area contributed by atoms with Gasteiger partial charge in [0.15, 0.2) is 9.84 Å². The molecule has 1 aromatic carbocycles. The maximum atomic E-state index is 14.1. The second kappa shape index (κ2) is 27.7. The molecule has 2 fully saturated rings. The van der Waals surface area contributed by atoms with Crippen molar-refractivity contribution < 1.29 is 66.6 Å². The molecule has 1 aromatic rings. The molecule has 25 nitrogen and oxygen atoms in total. The predicted molar refractivity (Wildman–Crippen MR) is 250 cm³/mol. The number of aliphatic hydroxyl groups is 1. The summed E-state index contributed by atoms with van der Waals surface area (Å²) in [5.41, 5.74) is 16.5. The maximum Gasteiger partial charge on any atom is 0.245 e. The number of aliphatic hydroxyl groups excluding tert-OH is 1. The minimum absolute atomic E-state index is 0.0729. The first kappa shape index (κ1) is 57.9. The summed E-state index contributed by atoms with van der Waals surface area (Å²) in [6.45, 7) is 2.13. The molecule has 26 heteroatoms. The van der Waals surface area contributed by atoms with Gasteiger partial charge in [-0.05, 0) is 61.6 Å². The van der Waals surface area contributed by atoms with E-state index in [0.717, 1.165) is 31.2 Å². The lowest BCUT2D eigenvalue weighted by Gasteiger charge is -2.31. The SMILES string of the molecule is CC[C@H](C)[C@@H]1NC(=O)[C@@H](Cc2ccc(O)cc2)NC(O)CCS(=O)(=O)CC[C@@H](C(=O)N(C)CC(=O)N[C@H](C(=O)NCC(N)=O)C2CCCCC2)NC(=O)[C@H](CC(N)=O)NC(=O)[C@H](CCC(N)=O)NC1=O. The third-order valence-electron chi connectivity index (χ3n) is 12.2. The van der Waals surface area contributed by atoms with Crippen LogP contribution in [0.3, 0.4) is 0 Å². The van der Waals surface area contributed by atoms with Crippen LogP contribution in [0.1, 0.15) is 90.0 Å². The molecule has 15 N–H and O–H groups in total. The maximum absolute atomic E-state index is 14.1. The van der Waals surface area contributed by atoms with Crippen LogP contribution in [0.5, 0.6) is 5.75 Å². The van der Waals surface area contributed by atoms with E-state index < -0.39 is 174 Å². The molecule has 8 atom stereocenters. The van der Waals surface area contributed by atoms with E-state index in [1.807, 2.05) is 0 Å². The van der Waals surface area contributed by atoms with Gasteiger partial charge in [0.25, 0.3) is 0 Å². The zero-order valence-electron chi connectivity index (χ0n) is 39.7. The molecule has 390 valence electrons. The summed E-state index contributed by atoms with van der Waals surface area (Å²) in [4.78, 5) is 133. The predicted octanol–water partition coefficient (Wildman–Crippen LogP) is -4.33. The highest BCUT2D eigenvalue weighted by Crippen LogP contribution is 2.27. The molecule has 0 aromatic heterocycles. The number of hydrogen-bond acceptors (Lipinski definition) is 15. The molecule has 2 aliphatic rings. The summed E-state index contributed by atoms with van der Waals surface area (Å²) >= 11 is 0. The molecule has 1 saturated heterocycles. The van der Waals surface area contributed by atoms with Crippen molar-refractivity contribution >= 4 is 68.9 Å². The molecule has 3 rings (SSSR count). The number of sulfone groups is 1. The van der Waals surface area contributed by atoms with E-state index >= 15 is 0 Å². The number of hydrogen-bond donors (Lipinski definition) is 12. The molecular weight excluding hydrogens is 939 g/mol. The smallest absolute Gasteiger partial charge is 0.245 e. The van der Waals surface area contributed by atoms with Crippen molar-refractivity contribution in [2.24, 2.45) is 29.0 Å². The average molecular weight is 1010 g/mol. The van der Waals surface area contributed by atoms with Crippen molar-refractivity contribution in [3.63, 3.8) is 0 Å². The third-order valence-corrected chi connectivity index (χ3v) is 13.9. The van der Waals surface area contributed by atoms with Gasteiger partial charge in [0, 0.05) is 19.9 Å². The Labute approximate surface area is 406 Å². The summed E-state index contributed by atoms with van der Waals surface area (Å²) in [6, 6.07) is -3.32. The van der Waals surface area contributed by atoms with Gasteiger partial charge < -0.3 is 64.2 Å². The highest BCUT2D eigenvalue weighted by Gasteiger charge is 2.37. The number of primary amides is 3. The minimum Gasteiger partial charge on any atom is -0.508 e. The molecule has 10 amide bonds. The fraction of sp³-hybridized carbons (Fsp3) is 0.636. The number of rotatable bonds is 17. The number of phenols is 1. The van der Waals surface area contributed by atoms with Crippen molar-refractivity contribution in [2.45, 2.75) is 133 Å². The summed E-state index contributed by atoms with van der Waals surface area (Å²) in [7, 11) is -3.05. The van der Waals surface area contributed by atoms with Gasteiger partial charge in [0.1, 0.15) is 42.2 Å². The first-order valence-corrected chi connectivity index (χ1v) is 25.0. The van der Waals surface area contributed by atoms with Gasteiger partial charge in [-0.2, -0.15) is 0 Å². The van der Waals surface area contributed by atoms with Crippen molar-refractivity contribution in [3.05, 3.63) is 29.8 Å². The number of benzene rings is 1. The molecule has 0 radical (unpaired) electrons. The van der Waals surface area contributed by atoms with Crippen LogP contribution in [-0.4, -0.2) is 157 Å². The van der Waals surface area contributed by atoms with Gasteiger partial charge in [-0.15, -0.1) is 0 Å². The quantitative estimate of drug-likeness (QED) is 0.0702. The highest BCUT2D eigenvalue weighted by atomic mass is 32.2. The lowest BCUT2D eigenvalue weighted by atomic mass is 9.83. The standard InChI is InChI=1S/C44H69N11O14S/c1-4-24(2)37-43(66)50-28(14-15-32(45)57)39(62)52-31(21-33(46)58)40(63)51-29(44(67)55(3)23-36(61)53-38(26-8-6-5-7-9-26)42(65)48-22-34(47)59)16-18-70(68,69)19-17-35(60)49-30(41(64)54-37)20-25-10-12-27(56)13-11-25/h10-13,24,26,28-31,35,37-38,49,56,60H,4-9,14-23H2,1-3H3,(H2,45,57)(H2,46,58)(H2,47,59)(H,48,65)(H,50,66)(H,51,63)(H,52,62)(H,53,61)(H,54,64)/t24-,28-,29-,30+,31-,35?,37-,38-/m0/s1. The van der Waals surface area contributed by atoms with Crippen LogP contribution in [-0.2, 0) is 64.2 Å². The van der Waals surface area contributed by atoms with Gasteiger partial charge in [-0.3, -0.25) is 53.3 Å². The second-order valence-corrected chi connectivity index (χ2v) is 20.2. The van der Waals surface area contributed by atoms with Crippen LogP contribution in [0.2, 0.25) is 0 Å². The van der Waals surface area contributed by atoms with Gasteiger partial charge in [-0.1, -0.05) is 51.7 Å². The Morgan fingerprint density at radius 1 is 0.786 bits per heavy atom. The topological polar surface area (TPSA) is 411 Å². The first-order valence-electron chi connectivity index (χ1n) is 23.2. The molecule has 1 aliphatic heterocycles. The lowest BCUT2D eigenvalue weighted by Crippen LogP contribution is -2.61. The van der Waals surface area contributed by atoms with Gasteiger partial charge in [0.05, 0.1) is 37.1 Å². The largest absolute Gasteiger partial charge is 0.508 e. The number of phenolic OH excluding ortho intramolecular Hbond substituents is 1. The lowest BCUT2D eigenvalue weighted by molar-refractivity contribution is -0.140. The van der Waals surface area contributed by atoms with Crippen LogP contribution >= 0.6 is 0 Å². The summed E-state index contributed by atoms with van der Waals surface area (Å²) < 4.78 is 27.1. The van der Waals surface area contributed by atoms with E-state index in [1.165, 1.54) is 24.3 Å². The Balaban J connectivity index is 2.04. The number of aromatic hydroxyl groups is 1. The van der Waals surface area contributed by atoms with Gasteiger partial charge >= 0.3 is 0 Å². The van der Waals surface area contributed by atoms with E-state index in [2.05, 4.69) is 37.2 Å². The highest BCUT2D eigenvalue weighted by molar-refractivity contribution is 7.91. The summed E-state index contributed by atoms with van der Waals surface area (Å²) in [5.74, 6) is -11.9. The fourth-order valence-corrected chi connectivity index (χ4v) is 9.40. The third kappa shape index (κ3) is 19.5. The molecule has 1 unspecified atom stereocenters. The van der Waals surface area contributed by atoms with Crippen molar-refractivity contribution in [1.82, 2.24) is 42.1 Å². The van der Waals surface area contributed by atoms with Gasteiger partial charge in [-0.25, -0.2) is 8.42 Å². The number of nitrogens with two attached hydrogens (primary N) is 3. The van der Waals surface area contributed by atoms with Crippen molar-refractivity contribution in [2.75, 3.05) is 31.6 Å². The zero-order valence-corrected chi connectivity index (χ0v) is 40.5. The Hall–Kier alpha value is -6.41. The summed E-state index contributed by atoms with van der Waals surface area (Å²) in [5, 5.41) is 38.5. The number of nitrogens with zero attached hydrogens (tertiary/aromatic N) is 1. The van der Waals surface area contributed by atoms with Crippen LogP contribution < -0.4 is 54.4 Å². The Morgan fingerprint density at radius 3 is 1.99 bits per heavy atom. The Kier molecular flexibility index (Phi) is 22.9. The van der Waals surface area contributed by atoms with Crippen LogP contribution in [0, 0.1) is 11.8 Å². The minimum atomic E-state index is -4.22. The zero-order chi connectivity index (χ0) is 52.3. The Bertz CT molecular complexity index is 2160. The van der Waals surface area contributed by atoms with E-state index in [1.54, 1.807) is 13.8 Å². The van der Waals surface area contributed by atoms with Gasteiger partial charge in [0.2, 0.25) is 59.1 Å². The van der Waals surface area contributed by atoms with Crippen LogP contribution in [0.15, 0.2) is 24.3 Å². The normalized spacial score (nSPS) is 24.2. The molecule has 0 spiro atoms. The number of carbonyl (C=O) groups is 10. The summed E-state index contributed by atoms with van der Waals surface area (Å²) in [6.07, 6.45) is -0.793. The van der Waals surface area contributed by atoms with Crippen molar-refractivity contribution in [3.8, 4) is 5.75 Å². The molecule has 1 saturated carbocycles. The second-order valence-electron chi connectivity index (χ2n) is 17.9. The molecule has 1 aliphatic carbocycles. The van der Waals surface area contributed by atoms with E-state index in [9.17, 15) is 66.6 Å². The number of likely N-dealkylation sites (N-methyl/N-ethyl adjacent to an activating group) is 1. The van der Waals surface area contributed by atoms with E-state index in [0.29, 0.717) is 24.8 Å². The molecular formula is C44H69N11O14S. The fourth-order valence-electron chi connectivity index (χ4n) is 8.01. The molecule has 70 heavy (non-hydrogen) atoms. The number of amides is 10. The van der Waals surface area contributed by atoms with Crippen LogP contribution in [0.25, 0.3) is 0 Å². The molecule has 0 bridgehead atoms. The average Bonchev–Trinajstić information content (AvgIpc) is 3.30. The Morgan fingerprint density at radius 2 is 1.39 bits per heavy atom. The van der Waals surface area contributed by atoms with Crippen LogP contribution in [0.4, 0.5) is 0 Å². The number of carbonyl (C=O) groups excluding carboxylic acids is 10. The van der Waals surface area contributed by atoms with E-state index in [4.69, 9.17) is 17.2 Å². The number of nitrogens with one attached hydrogen (secondary N) is 7. The monoisotopic (exact) mass is 1010 g/mol. The van der Waals surface area contributed by atoms with E-state index in [-0.39, 0.29) is 18.1 Å².